The van der Waals surface area contributed by atoms with E-state index in [1.807, 2.05) is 18.2 Å². The lowest BCUT2D eigenvalue weighted by atomic mass is 9.84. The van der Waals surface area contributed by atoms with Gasteiger partial charge in [-0.1, -0.05) is 51.1 Å². The SMILES string of the molecule is C=C(/C=C(/C)C(=C(C)C)c1cccc(N)c1)C(C)(C)C. The van der Waals surface area contributed by atoms with Crippen molar-refractivity contribution in [3.05, 3.63) is 59.2 Å². The fraction of sp³-hybridized carbons (Fsp3) is 0.368. The number of nitrogen functional groups attached to an aromatic ring is 1. The summed E-state index contributed by atoms with van der Waals surface area (Å²) in [6, 6.07) is 8.05. The Morgan fingerprint density at radius 1 is 1.15 bits per heavy atom. The van der Waals surface area contributed by atoms with E-state index in [4.69, 9.17) is 5.73 Å². The molecule has 0 heterocycles. The van der Waals surface area contributed by atoms with Crippen LogP contribution in [-0.2, 0) is 0 Å². The van der Waals surface area contributed by atoms with Gasteiger partial charge >= 0.3 is 0 Å². The molecule has 1 aromatic rings. The summed E-state index contributed by atoms with van der Waals surface area (Å²) < 4.78 is 0. The van der Waals surface area contributed by atoms with Crippen molar-refractivity contribution in [2.45, 2.75) is 41.5 Å². The predicted octanol–water partition coefficient (Wildman–Crippen LogP) is 5.61. The summed E-state index contributed by atoms with van der Waals surface area (Å²) in [4.78, 5) is 0. The van der Waals surface area contributed by atoms with E-state index < -0.39 is 0 Å². The number of allylic oxidation sites excluding steroid dienone is 5. The van der Waals surface area contributed by atoms with Gasteiger partial charge in [-0.2, -0.15) is 0 Å². The Morgan fingerprint density at radius 3 is 2.20 bits per heavy atom. The lowest BCUT2D eigenvalue weighted by molar-refractivity contribution is 0.518. The highest BCUT2D eigenvalue weighted by molar-refractivity contribution is 5.82. The normalized spacial score (nSPS) is 12.2. The van der Waals surface area contributed by atoms with Gasteiger partial charge in [-0.05, 0) is 60.6 Å². The Bertz CT molecular complexity index is 562. The van der Waals surface area contributed by atoms with Crippen LogP contribution in [0.4, 0.5) is 5.69 Å². The van der Waals surface area contributed by atoms with Crippen molar-refractivity contribution in [2.24, 2.45) is 5.41 Å². The Labute approximate surface area is 123 Å². The molecule has 0 aliphatic carbocycles. The molecular weight excluding hydrogens is 242 g/mol. The molecule has 0 amide bonds. The number of rotatable bonds is 3. The zero-order chi connectivity index (χ0) is 15.5. The second-order valence-corrected chi connectivity index (χ2v) is 6.60. The molecule has 0 aliphatic rings. The first-order chi connectivity index (χ1) is 9.12. The Morgan fingerprint density at radius 2 is 1.75 bits per heavy atom. The average molecular weight is 269 g/mol. The van der Waals surface area contributed by atoms with Crippen molar-refractivity contribution in [3.8, 4) is 0 Å². The monoisotopic (exact) mass is 269 g/mol. The molecule has 0 radical (unpaired) electrons. The Balaban J connectivity index is 3.28. The third-order valence-corrected chi connectivity index (χ3v) is 3.42. The summed E-state index contributed by atoms with van der Waals surface area (Å²) in [7, 11) is 0. The maximum absolute atomic E-state index is 5.91. The summed E-state index contributed by atoms with van der Waals surface area (Å²) >= 11 is 0. The van der Waals surface area contributed by atoms with Crippen LogP contribution < -0.4 is 5.73 Å². The lowest BCUT2D eigenvalue weighted by Crippen LogP contribution is -2.07. The van der Waals surface area contributed by atoms with Crippen molar-refractivity contribution >= 4 is 11.3 Å². The minimum atomic E-state index is 0.0870. The van der Waals surface area contributed by atoms with Crippen molar-refractivity contribution in [1.29, 1.82) is 0 Å². The molecule has 0 unspecified atom stereocenters. The van der Waals surface area contributed by atoms with E-state index in [0.717, 1.165) is 11.3 Å². The molecule has 1 heteroatoms. The fourth-order valence-corrected chi connectivity index (χ4v) is 2.15. The van der Waals surface area contributed by atoms with Crippen molar-refractivity contribution < 1.29 is 0 Å². The Hall–Kier alpha value is -1.76. The number of hydrogen-bond donors (Lipinski definition) is 1. The number of benzene rings is 1. The molecule has 1 rings (SSSR count). The van der Waals surface area contributed by atoms with Crippen LogP contribution >= 0.6 is 0 Å². The molecular formula is C19H27N. The van der Waals surface area contributed by atoms with Crippen molar-refractivity contribution in [2.75, 3.05) is 5.73 Å². The van der Waals surface area contributed by atoms with E-state index in [1.54, 1.807) is 0 Å². The van der Waals surface area contributed by atoms with Crippen LogP contribution in [0.3, 0.4) is 0 Å². The van der Waals surface area contributed by atoms with Gasteiger partial charge in [0.25, 0.3) is 0 Å². The standard InChI is InChI=1S/C19H27N/c1-13(2)18(16-9-8-10-17(20)12-16)14(3)11-15(4)19(5,6)7/h8-12H,4,20H2,1-3,5-7H3/b14-11-. The number of nitrogens with two attached hydrogens (primary N) is 1. The summed E-state index contributed by atoms with van der Waals surface area (Å²) in [5.74, 6) is 0. The van der Waals surface area contributed by atoms with E-state index in [-0.39, 0.29) is 5.41 Å². The van der Waals surface area contributed by atoms with Gasteiger partial charge in [-0.15, -0.1) is 0 Å². The maximum Gasteiger partial charge on any atom is 0.0320 e. The molecule has 0 bridgehead atoms. The quantitative estimate of drug-likeness (QED) is 0.560. The van der Waals surface area contributed by atoms with Gasteiger partial charge in [0.05, 0.1) is 0 Å². The van der Waals surface area contributed by atoms with E-state index in [2.05, 4.69) is 60.3 Å². The zero-order valence-corrected chi connectivity index (χ0v) is 13.7. The smallest absolute Gasteiger partial charge is 0.0320 e. The van der Waals surface area contributed by atoms with Crippen LogP contribution in [0.25, 0.3) is 5.57 Å². The van der Waals surface area contributed by atoms with E-state index >= 15 is 0 Å². The molecule has 0 aromatic heterocycles. The topological polar surface area (TPSA) is 26.0 Å². The van der Waals surface area contributed by atoms with Crippen LogP contribution in [-0.4, -0.2) is 0 Å². The second-order valence-electron chi connectivity index (χ2n) is 6.60. The minimum Gasteiger partial charge on any atom is -0.399 e. The van der Waals surface area contributed by atoms with Crippen LogP contribution in [0.2, 0.25) is 0 Å². The Kier molecular flexibility index (Phi) is 4.99. The zero-order valence-electron chi connectivity index (χ0n) is 13.7. The summed E-state index contributed by atoms with van der Waals surface area (Å²) in [6.07, 6.45) is 2.19. The van der Waals surface area contributed by atoms with Crippen molar-refractivity contribution in [1.82, 2.24) is 0 Å². The third-order valence-electron chi connectivity index (χ3n) is 3.42. The first-order valence-corrected chi connectivity index (χ1v) is 7.04. The molecule has 1 nitrogen and oxygen atoms in total. The fourth-order valence-electron chi connectivity index (χ4n) is 2.15. The predicted molar refractivity (Wildman–Crippen MR) is 91.5 cm³/mol. The largest absolute Gasteiger partial charge is 0.399 e. The van der Waals surface area contributed by atoms with E-state index in [0.29, 0.717) is 0 Å². The van der Waals surface area contributed by atoms with Gasteiger partial charge < -0.3 is 5.73 Å². The van der Waals surface area contributed by atoms with Crippen LogP contribution in [0.1, 0.15) is 47.1 Å². The molecule has 108 valence electrons. The van der Waals surface area contributed by atoms with Gasteiger partial charge in [0, 0.05) is 5.69 Å². The van der Waals surface area contributed by atoms with Gasteiger partial charge in [-0.3, -0.25) is 0 Å². The van der Waals surface area contributed by atoms with Crippen molar-refractivity contribution in [3.63, 3.8) is 0 Å². The highest BCUT2D eigenvalue weighted by Gasteiger charge is 2.14. The van der Waals surface area contributed by atoms with Gasteiger partial charge in [0.15, 0.2) is 0 Å². The lowest BCUT2D eigenvalue weighted by Gasteiger charge is -2.21. The van der Waals surface area contributed by atoms with Crippen LogP contribution in [0, 0.1) is 5.41 Å². The van der Waals surface area contributed by atoms with E-state index in [9.17, 15) is 0 Å². The third kappa shape index (κ3) is 4.12. The first kappa shape index (κ1) is 16.3. The molecule has 20 heavy (non-hydrogen) atoms. The molecule has 2 N–H and O–H groups in total. The highest BCUT2D eigenvalue weighted by atomic mass is 14.5. The van der Waals surface area contributed by atoms with E-state index in [1.165, 1.54) is 22.3 Å². The van der Waals surface area contributed by atoms with Gasteiger partial charge in [0.1, 0.15) is 0 Å². The summed E-state index contributed by atoms with van der Waals surface area (Å²) in [5.41, 5.74) is 12.9. The average Bonchev–Trinajstić information content (AvgIpc) is 2.27. The molecule has 0 saturated heterocycles. The summed E-state index contributed by atoms with van der Waals surface area (Å²) in [6.45, 7) is 17.2. The van der Waals surface area contributed by atoms with Crippen LogP contribution in [0.15, 0.2) is 53.6 Å². The van der Waals surface area contributed by atoms with Gasteiger partial charge in [0.2, 0.25) is 0 Å². The molecule has 0 saturated carbocycles. The first-order valence-electron chi connectivity index (χ1n) is 7.04. The minimum absolute atomic E-state index is 0.0870. The number of hydrogen-bond acceptors (Lipinski definition) is 1. The molecule has 0 spiro atoms. The van der Waals surface area contributed by atoms with Crippen LogP contribution in [0.5, 0.6) is 0 Å². The molecule has 0 fully saturated rings. The molecule has 0 atom stereocenters. The second kappa shape index (κ2) is 6.13. The molecule has 1 aromatic carbocycles. The highest BCUT2D eigenvalue weighted by Crippen LogP contribution is 2.32. The maximum atomic E-state index is 5.91. The van der Waals surface area contributed by atoms with Gasteiger partial charge in [-0.25, -0.2) is 0 Å². The molecule has 0 aliphatic heterocycles. The summed E-state index contributed by atoms with van der Waals surface area (Å²) in [5, 5.41) is 0. The number of anilines is 1.